The van der Waals surface area contributed by atoms with E-state index < -0.39 is 12.1 Å². The van der Waals surface area contributed by atoms with E-state index in [9.17, 15) is 4.79 Å². The van der Waals surface area contributed by atoms with Gasteiger partial charge in [-0.05, 0) is 59.0 Å². The SMILES string of the molecule is C=C(CCC(C)O)C(=O)O.CCN(CC)CC.CCN(CC)CC.Cl. The van der Waals surface area contributed by atoms with E-state index >= 15 is 0 Å². The maximum Gasteiger partial charge on any atom is 0.330 e. The third kappa shape index (κ3) is 25.7. The first-order chi connectivity index (χ1) is 11.2. The third-order valence-corrected chi connectivity index (χ3v) is 3.85. The van der Waals surface area contributed by atoms with Gasteiger partial charge in [-0.1, -0.05) is 48.1 Å². The number of hydrogen-bond acceptors (Lipinski definition) is 4. The molecule has 5 nitrogen and oxygen atoms in total. The fraction of sp³-hybridized carbons (Fsp3) is 0.842. The Balaban J connectivity index is -0.000000133. The van der Waals surface area contributed by atoms with E-state index in [-0.39, 0.29) is 18.0 Å². The Kier molecular flexibility index (Phi) is 30.0. The van der Waals surface area contributed by atoms with Crippen LogP contribution in [0, 0.1) is 0 Å². The van der Waals surface area contributed by atoms with Gasteiger partial charge in [-0.3, -0.25) is 0 Å². The minimum Gasteiger partial charge on any atom is -0.478 e. The van der Waals surface area contributed by atoms with E-state index in [2.05, 4.69) is 57.9 Å². The van der Waals surface area contributed by atoms with Gasteiger partial charge in [0.05, 0.1) is 6.10 Å². The second-order valence-electron chi connectivity index (χ2n) is 5.54. The highest BCUT2D eigenvalue weighted by molar-refractivity contribution is 5.85. The summed E-state index contributed by atoms with van der Waals surface area (Å²) in [5.41, 5.74) is 0.154. The summed E-state index contributed by atoms with van der Waals surface area (Å²) in [5.74, 6) is -0.986. The first kappa shape index (κ1) is 32.1. The lowest BCUT2D eigenvalue weighted by Gasteiger charge is -2.13. The van der Waals surface area contributed by atoms with Gasteiger partial charge in [0.1, 0.15) is 0 Å². The van der Waals surface area contributed by atoms with Crippen LogP contribution in [0.5, 0.6) is 0 Å². The summed E-state index contributed by atoms with van der Waals surface area (Å²) in [6, 6.07) is 0. The Labute approximate surface area is 162 Å². The summed E-state index contributed by atoms with van der Waals surface area (Å²) in [7, 11) is 0. The molecule has 154 valence electrons. The molecule has 1 atom stereocenters. The Morgan fingerprint density at radius 2 is 1.16 bits per heavy atom. The third-order valence-electron chi connectivity index (χ3n) is 3.85. The number of aliphatic hydroxyl groups excluding tert-OH is 1. The molecule has 0 spiro atoms. The van der Waals surface area contributed by atoms with Crippen LogP contribution in [0.4, 0.5) is 0 Å². The number of halogens is 1. The molecule has 6 heteroatoms. The molecule has 0 rings (SSSR count). The van der Waals surface area contributed by atoms with Gasteiger partial charge in [0.2, 0.25) is 0 Å². The number of rotatable bonds is 10. The molecule has 0 aliphatic heterocycles. The minimum absolute atomic E-state index is 0. The number of hydrogen-bond donors (Lipinski definition) is 2. The second-order valence-corrected chi connectivity index (χ2v) is 5.54. The standard InChI is InChI=1S/C7H12O3.2C6H15N.ClH/c1-5(7(9)10)3-4-6(2)8;2*1-4-7(5-2)6-3;/h6,8H,1,3-4H2,2H3,(H,9,10);2*4-6H2,1-3H3;1H. The van der Waals surface area contributed by atoms with E-state index in [1.165, 1.54) is 39.3 Å². The van der Waals surface area contributed by atoms with E-state index in [1.807, 2.05) is 0 Å². The quantitative estimate of drug-likeness (QED) is 0.561. The van der Waals surface area contributed by atoms with Crippen molar-refractivity contribution in [2.75, 3.05) is 39.3 Å². The molecule has 0 aromatic rings. The van der Waals surface area contributed by atoms with Crippen molar-refractivity contribution in [3.05, 3.63) is 12.2 Å². The highest BCUT2D eigenvalue weighted by Crippen LogP contribution is 2.04. The molecule has 0 radical (unpaired) electrons. The first-order valence-corrected chi connectivity index (χ1v) is 9.27. The lowest BCUT2D eigenvalue weighted by Crippen LogP contribution is -2.21. The number of carboxylic acids is 1. The molecule has 0 aliphatic rings. The Bertz CT molecular complexity index is 269. The molecule has 2 N–H and O–H groups in total. The number of aliphatic hydroxyl groups is 1. The summed E-state index contributed by atoms with van der Waals surface area (Å²) in [4.78, 5) is 14.9. The predicted octanol–water partition coefficient (Wildman–Crippen LogP) is 3.91. The fourth-order valence-corrected chi connectivity index (χ4v) is 1.83. The van der Waals surface area contributed by atoms with Gasteiger partial charge in [0.25, 0.3) is 0 Å². The highest BCUT2D eigenvalue weighted by Gasteiger charge is 2.04. The largest absolute Gasteiger partial charge is 0.478 e. The molecule has 0 aromatic carbocycles. The maximum absolute atomic E-state index is 10.1. The fourth-order valence-electron chi connectivity index (χ4n) is 1.83. The summed E-state index contributed by atoms with van der Waals surface area (Å²) in [6.45, 7) is 25.2. The first-order valence-electron chi connectivity index (χ1n) is 9.27. The predicted molar refractivity (Wildman–Crippen MR) is 112 cm³/mol. The lowest BCUT2D eigenvalue weighted by atomic mass is 10.1. The van der Waals surface area contributed by atoms with E-state index in [1.54, 1.807) is 6.92 Å². The van der Waals surface area contributed by atoms with Crippen molar-refractivity contribution in [1.29, 1.82) is 0 Å². The van der Waals surface area contributed by atoms with Crippen LogP contribution in [0.2, 0.25) is 0 Å². The van der Waals surface area contributed by atoms with Gasteiger partial charge in [-0.15, -0.1) is 12.4 Å². The van der Waals surface area contributed by atoms with Gasteiger partial charge in [0.15, 0.2) is 0 Å². The maximum atomic E-state index is 10.1. The molecule has 0 aliphatic carbocycles. The summed E-state index contributed by atoms with van der Waals surface area (Å²) >= 11 is 0. The number of aliphatic carboxylic acids is 1. The lowest BCUT2D eigenvalue weighted by molar-refractivity contribution is -0.132. The van der Waals surface area contributed by atoms with Gasteiger partial charge in [0, 0.05) is 5.57 Å². The van der Waals surface area contributed by atoms with Crippen molar-refractivity contribution in [3.8, 4) is 0 Å². The zero-order valence-corrected chi connectivity index (χ0v) is 18.4. The smallest absolute Gasteiger partial charge is 0.330 e. The van der Waals surface area contributed by atoms with Gasteiger partial charge in [-0.25, -0.2) is 4.79 Å². The molecule has 0 bridgehead atoms. The Morgan fingerprint density at radius 1 is 0.880 bits per heavy atom. The van der Waals surface area contributed by atoms with Crippen LogP contribution in [-0.4, -0.2) is 71.4 Å². The van der Waals surface area contributed by atoms with Crippen molar-refractivity contribution in [2.24, 2.45) is 0 Å². The van der Waals surface area contributed by atoms with E-state index in [0.717, 1.165) is 0 Å². The Morgan fingerprint density at radius 3 is 1.28 bits per heavy atom. The van der Waals surface area contributed by atoms with Crippen LogP contribution in [0.3, 0.4) is 0 Å². The zero-order chi connectivity index (χ0) is 19.5. The monoisotopic (exact) mass is 382 g/mol. The number of carbonyl (C=O) groups is 1. The van der Waals surface area contributed by atoms with Gasteiger partial charge in [-0.2, -0.15) is 0 Å². The van der Waals surface area contributed by atoms with Crippen LogP contribution in [0.25, 0.3) is 0 Å². The molecular weight excluding hydrogens is 340 g/mol. The number of nitrogens with zero attached hydrogens (tertiary/aromatic N) is 2. The molecule has 0 aromatic heterocycles. The average molecular weight is 383 g/mol. The van der Waals surface area contributed by atoms with Gasteiger partial charge >= 0.3 is 5.97 Å². The number of carboxylic acid groups (broad SMARTS) is 1. The average Bonchev–Trinajstić information content (AvgIpc) is 2.57. The summed E-state index contributed by atoms with van der Waals surface area (Å²) < 4.78 is 0. The molecule has 0 heterocycles. The zero-order valence-electron chi connectivity index (χ0n) is 17.5. The molecule has 0 saturated heterocycles. The van der Waals surface area contributed by atoms with Gasteiger partial charge < -0.3 is 20.0 Å². The van der Waals surface area contributed by atoms with Crippen LogP contribution in [-0.2, 0) is 4.79 Å². The molecule has 0 saturated carbocycles. The van der Waals surface area contributed by atoms with Crippen LogP contribution in [0.1, 0.15) is 61.3 Å². The van der Waals surface area contributed by atoms with Crippen LogP contribution < -0.4 is 0 Å². The van der Waals surface area contributed by atoms with Crippen molar-refractivity contribution in [1.82, 2.24) is 9.80 Å². The van der Waals surface area contributed by atoms with Crippen molar-refractivity contribution in [2.45, 2.75) is 67.4 Å². The van der Waals surface area contributed by atoms with Crippen molar-refractivity contribution in [3.63, 3.8) is 0 Å². The molecular formula is C19H43ClN2O3. The van der Waals surface area contributed by atoms with Crippen LogP contribution in [0.15, 0.2) is 12.2 Å². The normalized spacial score (nSPS) is 10.8. The molecule has 25 heavy (non-hydrogen) atoms. The molecule has 1 unspecified atom stereocenters. The molecule has 0 amide bonds. The minimum atomic E-state index is -0.986. The summed E-state index contributed by atoms with van der Waals surface area (Å²) in [5, 5.41) is 17.1. The summed E-state index contributed by atoms with van der Waals surface area (Å²) in [6.07, 6.45) is 0.370. The van der Waals surface area contributed by atoms with E-state index in [0.29, 0.717) is 12.8 Å². The van der Waals surface area contributed by atoms with Crippen molar-refractivity contribution >= 4 is 18.4 Å². The van der Waals surface area contributed by atoms with E-state index in [4.69, 9.17) is 10.2 Å². The highest BCUT2D eigenvalue weighted by atomic mass is 35.5. The molecule has 0 fully saturated rings. The second kappa shape index (κ2) is 23.4. The van der Waals surface area contributed by atoms with Crippen LogP contribution >= 0.6 is 12.4 Å². The van der Waals surface area contributed by atoms with Crippen molar-refractivity contribution < 1.29 is 15.0 Å². The topological polar surface area (TPSA) is 64.0 Å². The Hall–Kier alpha value is -0.620.